The lowest BCUT2D eigenvalue weighted by Gasteiger charge is -2.15. The number of aliphatic hydroxyl groups excluding tert-OH is 1. The second-order valence-corrected chi connectivity index (χ2v) is 3.16. The maximum absolute atomic E-state index is 9.30. The largest absolute Gasteiger partial charge is 0.389 e. The predicted octanol–water partition coefficient (Wildman–Crippen LogP) is 0.302. The van der Waals surface area contributed by atoms with Crippen LogP contribution in [0, 0.1) is 0 Å². The van der Waals surface area contributed by atoms with E-state index in [4.69, 9.17) is 4.74 Å². The first kappa shape index (κ1) is 9.71. The number of methoxy groups -OCH3 is 1. The zero-order chi connectivity index (χ0) is 8.81. The van der Waals surface area contributed by atoms with Crippen molar-refractivity contribution in [2.75, 3.05) is 20.3 Å². The molecule has 1 aliphatic carbocycles. The summed E-state index contributed by atoms with van der Waals surface area (Å²) >= 11 is 0. The van der Waals surface area contributed by atoms with Gasteiger partial charge in [-0.25, -0.2) is 0 Å². The van der Waals surface area contributed by atoms with E-state index in [-0.39, 0.29) is 6.10 Å². The number of hydrogen-bond acceptors (Lipinski definition) is 3. The third-order valence-corrected chi connectivity index (χ3v) is 2.01. The van der Waals surface area contributed by atoms with Gasteiger partial charge in [0.05, 0.1) is 12.7 Å². The van der Waals surface area contributed by atoms with E-state index in [2.05, 4.69) is 17.5 Å². The van der Waals surface area contributed by atoms with Gasteiger partial charge in [0.25, 0.3) is 0 Å². The van der Waals surface area contributed by atoms with Crippen LogP contribution in [0.25, 0.3) is 0 Å². The smallest absolute Gasteiger partial charge is 0.0897 e. The highest BCUT2D eigenvalue weighted by Gasteiger charge is 2.11. The number of hydrogen-bond donors (Lipinski definition) is 2. The molecule has 0 heterocycles. The molecule has 70 valence electrons. The van der Waals surface area contributed by atoms with Gasteiger partial charge in [0, 0.05) is 19.7 Å². The highest BCUT2D eigenvalue weighted by atomic mass is 16.5. The van der Waals surface area contributed by atoms with Crippen LogP contribution in [-0.4, -0.2) is 37.5 Å². The van der Waals surface area contributed by atoms with E-state index in [1.54, 1.807) is 7.11 Å². The van der Waals surface area contributed by atoms with E-state index in [1.165, 1.54) is 0 Å². The fourth-order valence-electron chi connectivity index (χ4n) is 1.34. The van der Waals surface area contributed by atoms with Gasteiger partial charge in [-0.05, 0) is 12.8 Å². The van der Waals surface area contributed by atoms with Gasteiger partial charge >= 0.3 is 0 Å². The third kappa shape index (κ3) is 3.34. The maximum atomic E-state index is 9.30. The summed E-state index contributed by atoms with van der Waals surface area (Å²) in [7, 11) is 1.60. The van der Waals surface area contributed by atoms with Gasteiger partial charge in [0.1, 0.15) is 0 Å². The van der Waals surface area contributed by atoms with Crippen LogP contribution in [0.5, 0.6) is 0 Å². The SMILES string of the molecule is COCC(O)CNC1CC=CC1. The maximum Gasteiger partial charge on any atom is 0.0897 e. The summed E-state index contributed by atoms with van der Waals surface area (Å²) in [6, 6.07) is 0.525. The lowest BCUT2D eigenvalue weighted by Crippen LogP contribution is -2.35. The standard InChI is InChI=1S/C9H17NO2/c1-12-7-9(11)6-10-8-4-2-3-5-8/h2-3,8-11H,4-7H2,1H3. The Kier molecular flexibility index (Phi) is 4.29. The van der Waals surface area contributed by atoms with Crippen LogP contribution < -0.4 is 5.32 Å². The minimum atomic E-state index is -0.379. The Balaban J connectivity index is 2.00. The highest BCUT2D eigenvalue weighted by molar-refractivity contribution is 4.97. The highest BCUT2D eigenvalue weighted by Crippen LogP contribution is 2.08. The van der Waals surface area contributed by atoms with Crippen molar-refractivity contribution in [3.8, 4) is 0 Å². The van der Waals surface area contributed by atoms with Crippen LogP contribution in [0.3, 0.4) is 0 Å². The molecule has 0 amide bonds. The van der Waals surface area contributed by atoms with E-state index in [1.807, 2.05) is 0 Å². The zero-order valence-corrected chi connectivity index (χ0v) is 7.49. The molecule has 0 aromatic carbocycles. The Bertz CT molecular complexity index is 139. The molecular formula is C9H17NO2. The van der Waals surface area contributed by atoms with Gasteiger partial charge in [-0.2, -0.15) is 0 Å². The van der Waals surface area contributed by atoms with Crippen LogP contribution in [0.15, 0.2) is 12.2 Å². The molecule has 0 saturated heterocycles. The number of aliphatic hydroxyl groups is 1. The summed E-state index contributed by atoms with van der Waals surface area (Å²) in [5.41, 5.74) is 0. The quantitative estimate of drug-likeness (QED) is 0.585. The molecule has 0 aromatic rings. The molecule has 1 unspecified atom stereocenters. The molecular weight excluding hydrogens is 154 g/mol. The molecule has 0 aromatic heterocycles. The van der Waals surface area contributed by atoms with Gasteiger partial charge in [-0.3, -0.25) is 0 Å². The fraction of sp³-hybridized carbons (Fsp3) is 0.778. The first-order valence-electron chi connectivity index (χ1n) is 4.38. The monoisotopic (exact) mass is 171 g/mol. The fourth-order valence-corrected chi connectivity index (χ4v) is 1.34. The summed E-state index contributed by atoms with van der Waals surface area (Å²) < 4.78 is 4.81. The summed E-state index contributed by atoms with van der Waals surface area (Å²) in [5.74, 6) is 0. The minimum Gasteiger partial charge on any atom is -0.389 e. The van der Waals surface area contributed by atoms with Crippen molar-refractivity contribution in [1.29, 1.82) is 0 Å². The van der Waals surface area contributed by atoms with Crippen molar-refractivity contribution in [3.63, 3.8) is 0 Å². The average molecular weight is 171 g/mol. The van der Waals surface area contributed by atoms with Crippen molar-refractivity contribution in [2.45, 2.75) is 25.0 Å². The molecule has 1 rings (SSSR count). The van der Waals surface area contributed by atoms with Crippen molar-refractivity contribution in [2.24, 2.45) is 0 Å². The minimum absolute atomic E-state index is 0.379. The van der Waals surface area contributed by atoms with Crippen molar-refractivity contribution in [1.82, 2.24) is 5.32 Å². The number of nitrogens with one attached hydrogen (secondary N) is 1. The van der Waals surface area contributed by atoms with E-state index in [0.717, 1.165) is 12.8 Å². The van der Waals surface area contributed by atoms with Gasteiger partial charge in [-0.1, -0.05) is 12.2 Å². The third-order valence-electron chi connectivity index (χ3n) is 2.01. The Morgan fingerprint density at radius 3 is 2.83 bits per heavy atom. The molecule has 2 N–H and O–H groups in total. The molecule has 0 spiro atoms. The van der Waals surface area contributed by atoms with E-state index in [0.29, 0.717) is 19.2 Å². The first-order valence-corrected chi connectivity index (χ1v) is 4.38. The van der Waals surface area contributed by atoms with Crippen molar-refractivity contribution < 1.29 is 9.84 Å². The van der Waals surface area contributed by atoms with E-state index >= 15 is 0 Å². The van der Waals surface area contributed by atoms with Gasteiger partial charge in [0.15, 0.2) is 0 Å². The van der Waals surface area contributed by atoms with Gasteiger partial charge in [-0.15, -0.1) is 0 Å². The number of rotatable bonds is 5. The topological polar surface area (TPSA) is 41.5 Å². The Morgan fingerprint density at radius 1 is 1.58 bits per heavy atom. The molecule has 3 nitrogen and oxygen atoms in total. The normalized spacial score (nSPS) is 20.2. The summed E-state index contributed by atoms with van der Waals surface area (Å²) in [4.78, 5) is 0. The molecule has 3 heteroatoms. The summed E-state index contributed by atoms with van der Waals surface area (Å²) in [6.07, 6.45) is 6.12. The second kappa shape index (κ2) is 5.30. The van der Waals surface area contributed by atoms with E-state index in [9.17, 15) is 5.11 Å². The predicted molar refractivity (Wildman–Crippen MR) is 48.0 cm³/mol. The summed E-state index contributed by atoms with van der Waals surface area (Å²) in [6.45, 7) is 1.04. The molecule has 0 radical (unpaired) electrons. The molecule has 0 bridgehead atoms. The molecule has 12 heavy (non-hydrogen) atoms. The van der Waals surface area contributed by atoms with E-state index < -0.39 is 0 Å². The zero-order valence-electron chi connectivity index (χ0n) is 7.49. The molecule has 1 aliphatic rings. The lowest BCUT2D eigenvalue weighted by atomic mass is 10.2. The second-order valence-electron chi connectivity index (χ2n) is 3.16. The van der Waals surface area contributed by atoms with Crippen LogP contribution in [0.2, 0.25) is 0 Å². The van der Waals surface area contributed by atoms with Crippen molar-refractivity contribution >= 4 is 0 Å². The number of ether oxygens (including phenoxy) is 1. The van der Waals surface area contributed by atoms with Crippen LogP contribution in [0.4, 0.5) is 0 Å². The average Bonchev–Trinajstić information content (AvgIpc) is 2.53. The molecule has 0 fully saturated rings. The van der Waals surface area contributed by atoms with Crippen LogP contribution in [0.1, 0.15) is 12.8 Å². The Labute approximate surface area is 73.4 Å². The van der Waals surface area contributed by atoms with Gasteiger partial charge < -0.3 is 15.2 Å². The summed E-state index contributed by atoms with van der Waals surface area (Å²) in [5, 5.41) is 12.6. The lowest BCUT2D eigenvalue weighted by molar-refractivity contribution is 0.0629. The first-order chi connectivity index (χ1) is 5.83. The Hall–Kier alpha value is -0.380. The van der Waals surface area contributed by atoms with Crippen LogP contribution >= 0.6 is 0 Å². The molecule has 0 aliphatic heterocycles. The molecule has 0 saturated carbocycles. The molecule has 1 atom stereocenters. The van der Waals surface area contributed by atoms with Crippen LogP contribution in [-0.2, 0) is 4.74 Å². The Morgan fingerprint density at radius 2 is 2.25 bits per heavy atom. The van der Waals surface area contributed by atoms with Gasteiger partial charge in [0.2, 0.25) is 0 Å². The van der Waals surface area contributed by atoms with Crippen molar-refractivity contribution in [3.05, 3.63) is 12.2 Å².